The second-order valence-corrected chi connectivity index (χ2v) is 6.75. The van der Waals surface area contributed by atoms with Crippen LogP contribution in [-0.4, -0.2) is 60.2 Å². The number of likely N-dealkylation sites (tertiary alicyclic amines) is 1. The van der Waals surface area contributed by atoms with E-state index >= 15 is 0 Å². The van der Waals surface area contributed by atoms with Crippen molar-refractivity contribution in [3.8, 4) is 0 Å². The highest BCUT2D eigenvalue weighted by Crippen LogP contribution is 2.26. The summed E-state index contributed by atoms with van der Waals surface area (Å²) in [5.41, 5.74) is 0.714. The van der Waals surface area contributed by atoms with Gasteiger partial charge in [0.25, 0.3) is 11.8 Å². The van der Waals surface area contributed by atoms with Gasteiger partial charge in [0.15, 0.2) is 0 Å². The molecule has 1 N–H and O–H groups in total. The van der Waals surface area contributed by atoms with Gasteiger partial charge in [0, 0.05) is 23.6 Å². The van der Waals surface area contributed by atoms with Crippen molar-refractivity contribution in [1.29, 1.82) is 0 Å². The molecule has 6 nitrogen and oxygen atoms in total. The van der Waals surface area contributed by atoms with Crippen LogP contribution in [0.15, 0.2) is 22.7 Å². The quantitative estimate of drug-likeness (QED) is 0.802. The molecule has 23 heavy (non-hydrogen) atoms. The lowest BCUT2D eigenvalue weighted by Crippen LogP contribution is -2.48. The number of carbonyl (C=O) groups is 3. The van der Waals surface area contributed by atoms with E-state index in [9.17, 15) is 14.4 Å². The maximum absolute atomic E-state index is 12.4. The van der Waals surface area contributed by atoms with Crippen LogP contribution < -0.4 is 5.32 Å². The van der Waals surface area contributed by atoms with Crippen molar-refractivity contribution in [2.24, 2.45) is 0 Å². The first-order valence-electron chi connectivity index (χ1n) is 7.62. The van der Waals surface area contributed by atoms with Crippen LogP contribution in [0.25, 0.3) is 0 Å². The minimum absolute atomic E-state index is 0.173. The monoisotopic (exact) mass is 379 g/mol. The van der Waals surface area contributed by atoms with Gasteiger partial charge in [0.1, 0.15) is 6.54 Å². The summed E-state index contributed by atoms with van der Waals surface area (Å²) >= 11 is 3.29. The highest BCUT2D eigenvalue weighted by Gasteiger charge is 2.37. The Hall–Kier alpha value is -1.73. The number of hydrogen-bond acceptors (Lipinski definition) is 4. The first kappa shape index (κ1) is 16.1. The van der Waals surface area contributed by atoms with Gasteiger partial charge < -0.3 is 10.2 Å². The summed E-state index contributed by atoms with van der Waals surface area (Å²) in [4.78, 5) is 39.9. The minimum Gasteiger partial charge on any atom is -0.341 e. The van der Waals surface area contributed by atoms with Crippen LogP contribution in [0.4, 0.5) is 0 Å². The lowest BCUT2D eigenvalue weighted by Gasteiger charge is -2.32. The van der Waals surface area contributed by atoms with Crippen LogP contribution in [0.3, 0.4) is 0 Å². The summed E-state index contributed by atoms with van der Waals surface area (Å²) in [6, 6.07) is 5.38. The van der Waals surface area contributed by atoms with E-state index in [1.165, 1.54) is 0 Å². The molecule has 2 aliphatic rings. The third kappa shape index (κ3) is 3.03. The van der Waals surface area contributed by atoms with Crippen LogP contribution in [0.2, 0.25) is 0 Å². The Balaban J connectivity index is 1.68. The lowest BCUT2D eigenvalue weighted by molar-refractivity contribution is -0.132. The van der Waals surface area contributed by atoms with Gasteiger partial charge in [-0.3, -0.25) is 19.3 Å². The Bertz CT molecular complexity index is 669. The smallest absolute Gasteiger partial charge is 0.262 e. The predicted molar refractivity (Wildman–Crippen MR) is 88.2 cm³/mol. The van der Waals surface area contributed by atoms with E-state index in [0.717, 1.165) is 22.2 Å². The van der Waals surface area contributed by atoms with Gasteiger partial charge in [-0.05, 0) is 38.1 Å². The molecule has 0 aromatic heterocycles. The molecular weight excluding hydrogens is 362 g/mol. The van der Waals surface area contributed by atoms with Crippen molar-refractivity contribution in [1.82, 2.24) is 15.1 Å². The number of imide groups is 1. The maximum atomic E-state index is 12.4. The molecule has 0 bridgehead atoms. The number of halogens is 1. The molecule has 1 saturated heterocycles. The van der Waals surface area contributed by atoms with Crippen molar-refractivity contribution in [3.05, 3.63) is 33.8 Å². The lowest BCUT2D eigenvalue weighted by atomic mass is 10.1. The van der Waals surface area contributed by atoms with Crippen LogP contribution >= 0.6 is 15.9 Å². The number of nitrogens with zero attached hydrogens (tertiary/aromatic N) is 2. The largest absolute Gasteiger partial charge is 0.341 e. The number of piperidine rings is 1. The van der Waals surface area contributed by atoms with Gasteiger partial charge in [0.05, 0.1) is 11.1 Å². The first-order valence-corrected chi connectivity index (χ1v) is 8.41. The Morgan fingerprint density at radius 3 is 2.52 bits per heavy atom. The van der Waals surface area contributed by atoms with E-state index in [2.05, 4.69) is 21.2 Å². The third-order valence-corrected chi connectivity index (χ3v) is 4.98. The van der Waals surface area contributed by atoms with E-state index in [1.807, 2.05) is 7.05 Å². The van der Waals surface area contributed by atoms with Gasteiger partial charge in [0.2, 0.25) is 5.91 Å². The summed E-state index contributed by atoms with van der Waals surface area (Å²) in [6.07, 6.45) is 1.77. The van der Waals surface area contributed by atoms with E-state index in [1.54, 1.807) is 23.1 Å². The van der Waals surface area contributed by atoms with Crippen molar-refractivity contribution in [2.75, 3.05) is 26.7 Å². The number of fused-ring (bicyclic) bond motifs is 1. The third-order valence-electron chi connectivity index (χ3n) is 4.48. The van der Waals surface area contributed by atoms with Crippen molar-refractivity contribution in [2.45, 2.75) is 18.9 Å². The Morgan fingerprint density at radius 1 is 1.22 bits per heavy atom. The molecule has 2 aliphatic heterocycles. The summed E-state index contributed by atoms with van der Waals surface area (Å²) in [5.74, 6) is -0.964. The molecule has 0 radical (unpaired) electrons. The maximum Gasteiger partial charge on any atom is 0.262 e. The number of hydrogen-bond donors (Lipinski definition) is 1. The van der Waals surface area contributed by atoms with Crippen LogP contribution in [-0.2, 0) is 4.79 Å². The van der Waals surface area contributed by atoms with Gasteiger partial charge in [-0.1, -0.05) is 15.9 Å². The summed E-state index contributed by atoms with van der Waals surface area (Å²) < 4.78 is 0.736. The minimum atomic E-state index is -0.398. The first-order chi connectivity index (χ1) is 11.0. The van der Waals surface area contributed by atoms with Crippen LogP contribution in [0.1, 0.15) is 33.6 Å². The molecule has 0 aliphatic carbocycles. The van der Waals surface area contributed by atoms with Crippen molar-refractivity contribution >= 4 is 33.7 Å². The molecule has 0 saturated carbocycles. The standard InChI is InChI=1S/C16H18BrN3O3/c1-18-11-4-6-19(7-5-11)14(21)9-20-15(22)12-3-2-10(17)8-13(12)16(20)23/h2-3,8,11,18H,4-7,9H2,1H3. The molecule has 0 atom stereocenters. The average molecular weight is 380 g/mol. The number of nitrogens with one attached hydrogen (secondary N) is 1. The fourth-order valence-corrected chi connectivity index (χ4v) is 3.42. The SMILES string of the molecule is CNC1CCN(C(=O)CN2C(=O)c3ccc(Br)cc3C2=O)CC1. The van der Waals surface area contributed by atoms with Gasteiger partial charge in [-0.15, -0.1) is 0 Å². The molecule has 2 heterocycles. The van der Waals surface area contributed by atoms with Gasteiger partial charge in [-0.2, -0.15) is 0 Å². The van der Waals surface area contributed by atoms with Crippen molar-refractivity contribution < 1.29 is 14.4 Å². The topological polar surface area (TPSA) is 69.7 Å². The molecule has 0 spiro atoms. The highest BCUT2D eigenvalue weighted by molar-refractivity contribution is 9.10. The molecule has 1 aromatic carbocycles. The van der Waals surface area contributed by atoms with E-state index < -0.39 is 11.8 Å². The molecule has 122 valence electrons. The second-order valence-electron chi connectivity index (χ2n) is 5.83. The van der Waals surface area contributed by atoms with Crippen LogP contribution in [0.5, 0.6) is 0 Å². The molecule has 0 unspecified atom stereocenters. The fraction of sp³-hybridized carbons (Fsp3) is 0.438. The zero-order valence-electron chi connectivity index (χ0n) is 12.8. The summed E-state index contributed by atoms with van der Waals surface area (Å²) in [6.45, 7) is 1.12. The normalized spacial score (nSPS) is 18.5. The second kappa shape index (κ2) is 6.41. The Kier molecular flexibility index (Phi) is 4.50. The number of carbonyl (C=O) groups excluding carboxylic acids is 3. The Morgan fingerprint density at radius 2 is 1.87 bits per heavy atom. The zero-order valence-corrected chi connectivity index (χ0v) is 14.4. The number of benzene rings is 1. The molecule has 1 aromatic rings. The molecule has 1 fully saturated rings. The number of amides is 3. The molecule has 3 rings (SSSR count). The molecular formula is C16H18BrN3O3. The highest BCUT2D eigenvalue weighted by atomic mass is 79.9. The summed E-state index contributed by atoms with van der Waals surface area (Å²) in [7, 11) is 1.92. The fourth-order valence-electron chi connectivity index (χ4n) is 3.06. The summed E-state index contributed by atoms with van der Waals surface area (Å²) in [5, 5.41) is 3.21. The Labute approximate surface area is 142 Å². The zero-order chi connectivity index (χ0) is 16.6. The van der Waals surface area contributed by atoms with E-state index in [-0.39, 0.29) is 12.5 Å². The predicted octanol–water partition coefficient (Wildman–Crippen LogP) is 1.26. The van der Waals surface area contributed by atoms with Crippen molar-refractivity contribution in [3.63, 3.8) is 0 Å². The van der Waals surface area contributed by atoms with Gasteiger partial charge in [-0.25, -0.2) is 0 Å². The van der Waals surface area contributed by atoms with Gasteiger partial charge >= 0.3 is 0 Å². The molecule has 7 heteroatoms. The molecule has 3 amide bonds. The average Bonchev–Trinajstić information content (AvgIpc) is 2.79. The van der Waals surface area contributed by atoms with E-state index in [4.69, 9.17) is 0 Å². The number of rotatable bonds is 3. The van der Waals surface area contributed by atoms with E-state index in [0.29, 0.717) is 30.3 Å². The van der Waals surface area contributed by atoms with Crippen LogP contribution in [0, 0.1) is 0 Å².